The van der Waals surface area contributed by atoms with Crippen LogP contribution in [-0.2, 0) is 14.4 Å². The van der Waals surface area contributed by atoms with Gasteiger partial charge in [0, 0.05) is 0 Å². The van der Waals surface area contributed by atoms with E-state index in [0.29, 0.717) is 12.8 Å². The van der Waals surface area contributed by atoms with E-state index in [9.17, 15) is 19.5 Å². The Morgan fingerprint density at radius 2 is 1.85 bits per heavy atom. The zero-order valence-corrected chi connectivity index (χ0v) is 11.2. The van der Waals surface area contributed by atoms with E-state index in [1.807, 2.05) is 12.2 Å². The SMILES string of the molecule is C=[N+](N)N.CCC[C@H](N)C(=O)N[C@H](CC(=O)O)C(=O)[O-]. The molecule has 0 radical (unpaired) electrons. The lowest BCUT2D eigenvalue weighted by atomic mass is 10.1. The van der Waals surface area contributed by atoms with Gasteiger partial charge in [-0.05, 0) is 11.2 Å². The number of hydrazone groups is 2. The molecule has 0 unspecified atom stereocenters. The number of carbonyl (C=O) groups is 3. The van der Waals surface area contributed by atoms with Gasteiger partial charge in [0.2, 0.25) is 5.91 Å². The van der Waals surface area contributed by atoms with Crippen LogP contribution in [0.1, 0.15) is 26.2 Å². The minimum absolute atomic E-state index is 0.401. The lowest BCUT2D eigenvalue weighted by Gasteiger charge is -2.20. The zero-order chi connectivity index (χ0) is 16.3. The van der Waals surface area contributed by atoms with Crippen LogP contribution in [0.4, 0.5) is 0 Å². The predicted molar refractivity (Wildman–Crippen MR) is 67.8 cm³/mol. The third kappa shape index (κ3) is 12.1. The molecule has 2 atom stereocenters. The second-order valence-electron chi connectivity index (χ2n) is 3.89. The molecule has 0 aromatic rings. The summed E-state index contributed by atoms with van der Waals surface area (Å²) in [5, 5.41) is 21.0. The van der Waals surface area contributed by atoms with Crippen LogP contribution in [0.25, 0.3) is 0 Å². The molecule has 1 amide bonds. The van der Waals surface area contributed by atoms with Gasteiger partial charge >= 0.3 is 5.97 Å². The first kappa shape index (κ1) is 20.0. The lowest BCUT2D eigenvalue weighted by molar-refractivity contribution is -0.542. The number of hydrazine groups is 2. The highest BCUT2D eigenvalue weighted by atomic mass is 16.4. The molecule has 8 N–H and O–H groups in total. The number of carbonyl (C=O) groups excluding carboxylic acids is 2. The Bertz CT molecular complexity index is 356. The molecule has 0 aromatic heterocycles. The van der Waals surface area contributed by atoms with E-state index in [0.717, 1.165) is 4.79 Å². The topological polar surface area (TPSA) is 188 Å². The summed E-state index contributed by atoms with van der Waals surface area (Å²) in [6.07, 6.45) is 0.342. The van der Waals surface area contributed by atoms with Crippen LogP contribution in [0, 0.1) is 0 Å². The summed E-state index contributed by atoms with van der Waals surface area (Å²) in [6.45, 7) is 4.85. The Hall–Kier alpha value is -2.36. The van der Waals surface area contributed by atoms with Crippen LogP contribution < -0.4 is 27.8 Å². The average molecular weight is 291 g/mol. The monoisotopic (exact) mass is 291 g/mol. The Morgan fingerprint density at radius 1 is 1.40 bits per heavy atom. The number of carboxylic acid groups (broad SMARTS) is 2. The van der Waals surface area contributed by atoms with Gasteiger partial charge < -0.3 is 26.1 Å². The van der Waals surface area contributed by atoms with Crippen LogP contribution in [0.5, 0.6) is 0 Å². The average Bonchev–Trinajstić information content (AvgIpc) is 2.26. The van der Waals surface area contributed by atoms with Crippen molar-refractivity contribution in [3.8, 4) is 0 Å². The highest BCUT2D eigenvalue weighted by molar-refractivity contribution is 5.88. The standard InChI is InChI=1S/C9H16N2O5.CH6N3/c1-2-3-5(10)8(14)11-6(9(15)16)4-7(12)13;1-4(2)3/h5-6H,2-4,10H2,1H3,(H,11,14)(H,12,13)(H,15,16);1-3H2/q;+1/p-1/t5-,6+;/m0./s1. The van der Waals surface area contributed by atoms with Crippen molar-refractivity contribution in [3.05, 3.63) is 0 Å². The van der Waals surface area contributed by atoms with Gasteiger partial charge in [0.05, 0.1) is 24.5 Å². The molecule has 0 rings (SSSR count). The third-order valence-electron chi connectivity index (χ3n) is 1.92. The van der Waals surface area contributed by atoms with Crippen molar-refractivity contribution < 1.29 is 29.4 Å². The summed E-state index contributed by atoms with van der Waals surface area (Å²) in [6, 6.07) is -2.38. The molecule has 0 spiro atoms. The molecule has 0 saturated carbocycles. The Morgan fingerprint density at radius 3 is 2.15 bits per heavy atom. The van der Waals surface area contributed by atoms with Gasteiger partial charge in [0.1, 0.15) is 0 Å². The zero-order valence-electron chi connectivity index (χ0n) is 11.2. The fraction of sp³-hybridized carbons (Fsp3) is 0.600. The number of hydrogen-bond donors (Lipinski definition) is 5. The number of aliphatic carboxylic acids is 2. The van der Waals surface area contributed by atoms with Crippen LogP contribution in [-0.4, -0.2) is 46.5 Å². The number of nitrogens with one attached hydrogen (secondary N) is 1. The molecule has 0 aliphatic carbocycles. The maximum Gasteiger partial charge on any atom is 0.305 e. The lowest BCUT2D eigenvalue weighted by Crippen LogP contribution is -2.53. The summed E-state index contributed by atoms with van der Waals surface area (Å²) < 4.78 is 0. The molecule has 0 heterocycles. The maximum absolute atomic E-state index is 11.3. The van der Waals surface area contributed by atoms with Crippen molar-refractivity contribution in [2.24, 2.45) is 17.4 Å². The first-order valence-electron chi connectivity index (χ1n) is 5.70. The normalized spacial score (nSPS) is 12.3. The molecule has 0 fully saturated rings. The highest BCUT2D eigenvalue weighted by Gasteiger charge is 2.20. The Labute approximate surface area is 116 Å². The molecule has 20 heavy (non-hydrogen) atoms. The van der Waals surface area contributed by atoms with Crippen LogP contribution in [0.2, 0.25) is 0 Å². The smallest absolute Gasteiger partial charge is 0.305 e. The van der Waals surface area contributed by atoms with Gasteiger partial charge in [-0.1, -0.05) is 13.3 Å². The van der Waals surface area contributed by atoms with Gasteiger partial charge in [0.25, 0.3) is 0 Å². The van der Waals surface area contributed by atoms with Gasteiger partial charge in [-0.15, -0.1) is 0 Å². The van der Waals surface area contributed by atoms with Gasteiger partial charge in [-0.25, -0.2) is 0 Å². The first-order valence-corrected chi connectivity index (χ1v) is 5.70. The van der Waals surface area contributed by atoms with E-state index in [2.05, 4.69) is 18.4 Å². The quantitative estimate of drug-likeness (QED) is 0.137. The van der Waals surface area contributed by atoms with Gasteiger partial charge in [-0.3, -0.25) is 9.59 Å². The minimum atomic E-state index is -1.64. The fourth-order valence-electron chi connectivity index (χ4n) is 1.09. The maximum atomic E-state index is 11.3. The summed E-state index contributed by atoms with van der Waals surface area (Å²) in [5.41, 5.74) is 5.43. The molecule has 0 aromatic carbocycles. The van der Waals surface area contributed by atoms with Crippen LogP contribution >= 0.6 is 0 Å². The van der Waals surface area contributed by atoms with E-state index in [1.165, 1.54) is 0 Å². The molecule has 10 heteroatoms. The van der Waals surface area contributed by atoms with Crippen LogP contribution in [0.3, 0.4) is 0 Å². The van der Waals surface area contributed by atoms with Crippen molar-refractivity contribution in [1.82, 2.24) is 5.32 Å². The summed E-state index contributed by atoms with van der Waals surface area (Å²) >= 11 is 0. The molecule has 0 bridgehead atoms. The number of nitrogens with two attached hydrogens (primary N) is 3. The Balaban J connectivity index is 0. The van der Waals surface area contributed by atoms with E-state index in [1.54, 1.807) is 0 Å². The van der Waals surface area contributed by atoms with Crippen molar-refractivity contribution in [2.45, 2.75) is 38.3 Å². The molecular weight excluding hydrogens is 270 g/mol. The highest BCUT2D eigenvalue weighted by Crippen LogP contribution is 1.96. The molecule has 116 valence electrons. The van der Waals surface area contributed by atoms with Crippen molar-refractivity contribution in [3.63, 3.8) is 0 Å². The number of amides is 1. The van der Waals surface area contributed by atoms with Gasteiger partial charge in [0.15, 0.2) is 6.72 Å². The van der Waals surface area contributed by atoms with E-state index < -0.39 is 36.4 Å². The predicted octanol–water partition coefficient (Wildman–Crippen LogP) is -3.73. The number of carboxylic acids is 2. The third-order valence-corrected chi connectivity index (χ3v) is 1.92. The number of rotatable bonds is 7. The molecule has 0 aliphatic heterocycles. The fourth-order valence-corrected chi connectivity index (χ4v) is 1.09. The number of hydrogen-bond acceptors (Lipinski definition) is 7. The number of nitrogens with zero attached hydrogens (tertiary/aromatic N) is 1. The van der Waals surface area contributed by atoms with Crippen LogP contribution in [0.15, 0.2) is 0 Å². The summed E-state index contributed by atoms with van der Waals surface area (Å²) in [5.74, 6) is 5.57. The van der Waals surface area contributed by atoms with E-state index in [-0.39, 0.29) is 0 Å². The van der Waals surface area contributed by atoms with E-state index >= 15 is 0 Å². The molecule has 0 saturated heterocycles. The van der Waals surface area contributed by atoms with Gasteiger partial charge in [-0.2, -0.15) is 11.7 Å². The molecular formula is C10H21N5O5. The second kappa shape index (κ2) is 10.6. The minimum Gasteiger partial charge on any atom is -0.548 e. The molecule has 10 nitrogen and oxygen atoms in total. The molecule has 0 aliphatic rings. The summed E-state index contributed by atoms with van der Waals surface area (Å²) in [7, 11) is 0. The van der Waals surface area contributed by atoms with E-state index in [4.69, 9.17) is 10.8 Å². The van der Waals surface area contributed by atoms with Crippen molar-refractivity contribution >= 4 is 24.6 Å². The first-order chi connectivity index (χ1) is 9.11. The second-order valence-corrected chi connectivity index (χ2v) is 3.89. The van der Waals surface area contributed by atoms with Crippen molar-refractivity contribution in [1.29, 1.82) is 0 Å². The summed E-state index contributed by atoms with van der Waals surface area (Å²) in [4.78, 5) is 32.9. The largest absolute Gasteiger partial charge is 0.548 e. The Kier molecular flexibility index (Phi) is 10.5. The van der Waals surface area contributed by atoms with Crippen molar-refractivity contribution in [2.75, 3.05) is 0 Å².